The van der Waals surface area contributed by atoms with Crippen molar-refractivity contribution in [3.8, 4) is 5.75 Å². The molecule has 0 spiro atoms. The van der Waals surface area contributed by atoms with Gasteiger partial charge < -0.3 is 10.5 Å². The van der Waals surface area contributed by atoms with Gasteiger partial charge in [0.25, 0.3) is 17.7 Å². The van der Waals surface area contributed by atoms with E-state index in [9.17, 15) is 19.2 Å². The predicted octanol–water partition coefficient (Wildman–Crippen LogP) is 1.83. The lowest BCUT2D eigenvalue weighted by Gasteiger charge is -2.26. The molecule has 0 aromatic heterocycles. The third-order valence-corrected chi connectivity index (χ3v) is 4.42. The van der Waals surface area contributed by atoms with Crippen molar-refractivity contribution < 1.29 is 23.9 Å². The van der Waals surface area contributed by atoms with Gasteiger partial charge in [0, 0.05) is 0 Å². The first-order chi connectivity index (χ1) is 13.8. The van der Waals surface area contributed by atoms with Gasteiger partial charge in [0.2, 0.25) is 0 Å². The number of ether oxygens (including phenoxy) is 1. The number of benzene rings is 2. The van der Waals surface area contributed by atoms with Crippen LogP contribution < -0.4 is 20.7 Å². The van der Waals surface area contributed by atoms with Gasteiger partial charge in [-0.15, -0.1) is 0 Å². The number of nitrogens with zero attached hydrogens (tertiary/aromatic N) is 1. The second kappa shape index (κ2) is 7.97. The summed E-state index contributed by atoms with van der Waals surface area (Å²) in [6, 6.07) is 10.7. The third-order valence-electron chi connectivity index (χ3n) is 4.42. The number of carbonyl (C=O) groups is 4. The molecule has 0 atom stereocenters. The van der Waals surface area contributed by atoms with E-state index in [0.29, 0.717) is 17.0 Å². The quantitative estimate of drug-likeness (QED) is 0.593. The lowest BCUT2D eigenvalue weighted by Crippen LogP contribution is -2.54. The van der Waals surface area contributed by atoms with Crippen LogP contribution in [0.2, 0.25) is 0 Å². The number of aryl methyl sites for hydroxylation is 2. The number of imide groups is 2. The first-order valence-corrected chi connectivity index (χ1v) is 8.76. The Labute approximate surface area is 166 Å². The van der Waals surface area contributed by atoms with Crippen LogP contribution in [0.3, 0.4) is 0 Å². The number of hydrogen-bond acceptors (Lipinski definition) is 5. The standard InChI is InChI=1S/C21H19N3O5/c1-12-3-6-15(9-13(12)2)24-20(27)17(19(26)23-21(24)28)10-14-4-7-16(8-5-14)29-11-18(22)25/h3-10H,11H2,1-2H3,(H2,22,25)(H,23,26,28)/b17-10+. The van der Waals surface area contributed by atoms with Crippen molar-refractivity contribution in [3.63, 3.8) is 0 Å². The van der Waals surface area contributed by atoms with Gasteiger partial charge in [-0.1, -0.05) is 18.2 Å². The van der Waals surface area contributed by atoms with Crippen molar-refractivity contribution in [2.45, 2.75) is 13.8 Å². The lowest BCUT2D eigenvalue weighted by molar-refractivity contribution is -0.123. The fourth-order valence-electron chi connectivity index (χ4n) is 2.74. The molecule has 0 bridgehead atoms. The molecule has 0 unspecified atom stereocenters. The molecule has 0 saturated carbocycles. The minimum absolute atomic E-state index is 0.173. The summed E-state index contributed by atoms with van der Waals surface area (Å²) in [5, 5.41) is 2.19. The number of carbonyl (C=O) groups excluding carboxylic acids is 4. The molecule has 1 fully saturated rings. The molecule has 3 rings (SSSR count). The monoisotopic (exact) mass is 393 g/mol. The Bertz CT molecular complexity index is 1040. The van der Waals surface area contributed by atoms with Crippen LogP contribution in [0.5, 0.6) is 5.75 Å². The van der Waals surface area contributed by atoms with Gasteiger partial charge in [-0.2, -0.15) is 0 Å². The highest BCUT2D eigenvalue weighted by molar-refractivity contribution is 6.39. The highest BCUT2D eigenvalue weighted by Gasteiger charge is 2.36. The van der Waals surface area contributed by atoms with Gasteiger partial charge in [-0.3, -0.25) is 19.7 Å². The maximum atomic E-state index is 12.9. The molecule has 1 saturated heterocycles. The molecule has 1 aliphatic rings. The minimum Gasteiger partial charge on any atom is -0.484 e. The van der Waals surface area contributed by atoms with Crippen LogP contribution in [0.25, 0.3) is 6.08 Å². The molecular weight excluding hydrogens is 374 g/mol. The van der Waals surface area contributed by atoms with E-state index in [1.807, 2.05) is 13.8 Å². The highest BCUT2D eigenvalue weighted by atomic mass is 16.5. The van der Waals surface area contributed by atoms with E-state index in [1.165, 1.54) is 6.08 Å². The molecule has 1 aliphatic heterocycles. The van der Waals surface area contributed by atoms with Crippen molar-refractivity contribution in [1.82, 2.24) is 5.32 Å². The Morgan fingerprint density at radius 2 is 1.76 bits per heavy atom. The van der Waals surface area contributed by atoms with E-state index >= 15 is 0 Å². The molecule has 8 nitrogen and oxygen atoms in total. The fourth-order valence-corrected chi connectivity index (χ4v) is 2.74. The molecule has 2 aromatic rings. The molecular formula is C21H19N3O5. The first kappa shape index (κ1) is 19.8. The molecule has 0 aliphatic carbocycles. The summed E-state index contributed by atoms with van der Waals surface area (Å²) in [5.41, 5.74) is 7.71. The number of nitrogens with two attached hydrogens (primary N) is 1. The number of nitrogens with one attached hydrogen (secondary N) is 1. The number of barbiturate groups is 1. The van der Waals surface area contributed by atoms with Crippen LogP contribution in [0.4, 0.5) is 10.5 Å². The molecule has 29 heavy (non-hydrogen) atoms. The summed E-state index contributed by atoms with van der Waals surface area (Å²) < 4.78 is 5.17. The Morgan fingerprint density at radius 1 is 1.07 bits per heavy atom. The Balaban J connectivity index is 1.88. The van der Waals surface area contributed by atoms with E-state index < -0.39 is 23.8 Å². The summed E-state index contributed by atoms with van der Waals surface area (Å²) in [6.45, 7) is 3.53. The minimum atomic E-state index is -0.796. The zero-order valence-electron chi connectivity index (χ0n) is 15.9. The van der Waals surface area contributed by atoms with Gasteiger partial charge in [0.15, 0.2) is 6.61 Å². The molecule has 2 aromatic carbocycles. The van der Waals surface area contributed by atoms with E-state index in [0.717, 1.165) is 16.0 Å². The molecule has 3 N–H and O–H groups in total. The largest absolute Gasteiger partial charge is 0.484 e. The molecule has 1 heterocycles. The van der Waals surface area contributed by atoms with Gasteiger partial charge in [-0.05, 0) is 60.9 Å². The van der Waals surface area contributed by atoms with E-state index in [2.05, 4.69) is 5.32 Å². The summed E-state index contributed by atoms with van der Waals surface area (Å²) in [5.74, 6) is -1.67. The van der Waals surface area contributed by atoms with Crippen LogP contribution in [0.15, 0.2) is 48.0 Å². The molecule has 5 amide bonds. The summed E-state index contributed by atoms with van der Waals surface area (Å²) in [6.07, 6.45) is 1.38. The topological polar surface area (TPSA) is 119 Å². The molecule has 8 heteroatoms. The van der Waals surface area contributed by atoms with Crippen LogP contribution in [-0.4, -0.2) is 30.4 Å². The van der Waals surface area contributed by atoms with Gasteiger partial charge in [0.1, 0.15) is 11.3 Å². The van der Waals surface area contributed by atoms with Crippen molar-refractivity contribution in [3.05, 3.63) is 64.7 Å². The molecule has 148 valence electrons. The van der Waals surface area contributed by atoms with E-state index in [1.54, 1.807) is 42.5 Å². The fraction of sp³-hybridized carbons (Fsp3) is 0.143. The third kappa shape index (κ3) is 4.32. The zero-order valence-corrected chi connectivity index (χ0v) is 15.9. The second-order valence-corrected chi connectivity index (χ2v) is 6.55. The van der Waals surface area contributed by atoms with E-state index in [4.69, 9.17) is 10.5 Å². The molecule has 0 radical (unpaired) electrons. The van der Waals surface area contributed by atoms with Crippen LogP contribution in [0.1, 0.15) is 16.7 Å². The van der Waals surface area contributed by atoms with Gasteiger partial charge in [-0.25, -0.2) is 9.69 Å². The Morgan fingerprint density at radius 3 is 2.38 bits per heavy atom. The van der Waals surface area contributed by atoms with Crippen molar-refractivity contribution in [2.75, 3.05) is 11.5 Å². The number of hydrogen-bond donors (Lipinski definition) is 2. The van der Waals surface area contributed by atoms with Crippen LogP contribution in [-0.2, 0) is 14.4 Å². The summed E-state index contributed by atoms with van der Waals surface area (Å²) >= 11 is 0. The van der Waals surface area contributed by atoms with Crippen molar-refractivity contribution in [1.29, 1.82) is 0 Å². The highest BCUT2D eigenvalue weighted by Crippen LogP contribution is 2.24. The summed E-state index contributed by atoms with van der Waals surface area (Å²) in [4.78, 5) is 49.1. The van der Waals surface area contributed by atoms with Gasteiger partial charge >= 0.3 is 6.03 Å². The number of anilines is 1. The predicted molar refractivity (Wildman–Crippen MR) is 106 cm³/mol. The van der Waals surface area contributed by atoms with Crippen molar-refractivity contribution in [2.24, 2.45) is 5.73 Å². The SMILES string of the molecule is Cc1ccc(N2C(=O)NC(=O)/C(=C\c3ccc(OCC(N)=O)cc3)C2=O)cc1C. The maximum Gasteiger partial charge on any atom is 0.335 e. The van der Waals surface area contributed by atoms with Gasteiger partial charge in [0.05, 0.1) is 5.69 Å². The lowest BCUT2D eigenvalue weighted by atomic mass is 10.1. The number of amides is 5. The first-order valence-electron chi connectivity index (χ1n) is 8.76. The van der Waals surface area contributed by atoms with Crippen LogP contribution >= 0.6 is 0 Å². The Kier molecular flexibility index (Phi) is 5.45. The summed E-state index contributed by atoms with van der Waals surface area (Å²) in [7, 11) is 0. The zero-order chi connectivity index (χ0) is 21.1. The average Bonchev–Trinajstić information content (AvgIpc) is 2.67. The Hall–Kier alpha value is -3.94. The van der Waals surface area contributed by atoms with E-state index in [-0.39, 0.29) is 12.2 Å². The number of rotatable bonds is 5. The smallest absolute Gasteiger partial charge is 0.335 e. The normalized spacial score (nSPS) is 15.4. The number of primary amides is 1. The van der Waals surface area contributed by atoms with Crippen LogP contribution in [0, 0.1) is 13.8 Å². The second-order valence-electron chi connectivity index (χ2n) is 6.55. The van der Waals surface area contributed by atoms with Crippen molar-refractivity contribution >= 4 is 35.5 Å². The number of urea groups is 1. The average molecular weight is 393 g/mol. The maximum absolute atomic E-state index is 12.9.